The van der Waals surface area contributed by atoms with E-state index in [1.807, 2.05) is 48.5 Å². The number of aryl methyl sites for hydroxylation is 2. The zero-order chi connectivity index (χ0) is 26.6. The Balaban J connectivity index is 1.92. The summed E-state index contributed by atoms with van der Waals surface area (Å²) in [5.41, 5.74) is 2.04. The molecule has 0 aliphatic carbocycles. The molecule has 7 heteroatoms. The Morgan fingerprint density at radius 2 is 1.22 bits per heavy atom. The third-order valence-electron chi connectivity index (χ3n) is 5.76. The van der Waals surface area contributed by atoms with E-state index < -0.39 is 32.6 Å². The lowest BCUT2D eigenvalue weighted by Crippen LogP contribution is -2.16. The minimum atomic E-state index is -1.25. The molecule has 0 aliphatic heterocycles. The van der Waals surface area contributed by atoms with Gasteiger partial charge in [-0.3, -0.25) is 3.63 Å². The molecule has 2 rings (SSSR count). The van der Waals surface area contributed by atoms with E-state index in [0.717, 1.165) is 54.1 Å². The second-order valence-electron chi connectivity index (χ2n) is 9.06. The Kier molecular flexibility index (Phi) is 11.8. The molecule has 0 aliphatic rings. The van der Waals surface area contributed by atoms with E-state index in [-0.39, 0.29) is 0 Å². The highest BCUT2D eigenvalue weighted by molar-refractivity contribution is 8.41. The molecule has 0 fully saturated rings. The van der Waals surface area contributed by atoms with Crippen molar-refractivity contribution in [2.45, 2.75) is 32.6 Å². The van der Waals surface area contributed by atoms with Crippen LogP contribution in [0.1, 0.15) is 30.9 Å². The van der Waals surface area contributed by atoms with Crippen LogP contribution in [0.3, 0.4) is 0 Å². The van der Waals surface area contributed by atoms with E-state index in [2.05, 4.69) is 38.8 Å². The molecule has 198 valence electrons. The zero-order valence-electron chi connectivity index (χ0n) is 22.0. The van der Waals surface area contributed by atoms with Crippen molar-refractivity contribution in [2.24, 2.45) is 0 Å². The van der Waals surface area contributed by atoms with Gasteiger partial charge in [0.1, 0.15) is 11.5 Å². The van der Waals surface area contributed by atoms with Gasteiger partial charge in [-0.15, -0.1) is 20.6 Å². The Morgan fingerprint density at radius 1 is 0.778 bits per heavy atom. The number of hydrogen-bond donors (Lipinski definition) is 0. The van der Waals surface area contributed by atoms with Crippen LogP contribution in [-0.2, 0) is 26.1 Å². The molecular formula is C29H40O5S2. The van der Waals surface area contributed by atoms with Gasteiger partial charge in [0, 0.05) is 17.9 Å². The van der Waals surface area contributed by atoms with Crippen molar-refractivity contribution in [3.8, 4) is 11.5 Å². The smallest absolute Gasteiger partial charge is 0.335 e. The molecule has 0 N–H and O–H groups in total. The van der Waals surface area contributed by atoms with Gasteiger partial charge in [-0.25, -0.2) is 9.59 Å². The van der Waals surface area contributed by atoms with Gasteiger partial charge < -0.3 is 9.47 Å². The molecule has 0 bridgehead atoms. The first kappa shape index (κ1) is 29.7. The number of esters is 2. The molecule has 0 spiro atoms. The quantitative estimate of drug-likeness (QED) is 0.143. The summed E-state index contributed by atoms with van der Waals surface area (Å²) in [6, 6.07) is 15.3. The van der Waals surface area contributed by atoms with E-state index in [9.17, 15) is 9.59 Å². The molecule has 2 aromatic carbocycles. The van der Waals surface area contributed by atoms with Crippen LogP contribution in [0, 0.1) is 0 Å². The van der Waals surface area contributed by atoms with Crippen LogP contribution in [0.25, 0.3) is 0 Å². The second kappa shape index (κ2) is 14.3. The molecule has 36 heavy (non-hydrogen) atoms. The maximum atomic E-state index is 11.6. The van der Waals surface area contributed by atoms with Gasteiger partial charge in [0.2, 0.25) is 0 Å². The second-order valence-corrected chi connectivity index (χ2v) is 16.2. The number of carbonyl (C=O) groups is 2. The standard InChI is InChI=1S/C29H40O5S2/c1-7-28(30)32-26-20-12-10-16-24(26)18-14-22-35(4,5)34-36(6,9-3)23-15-19-25-17-11-13-21-27(25)33-29(31)8-2/h7-8,10-13,16-17,20-21H,1-2,9,14-15,18-19,22-23H2,3-6H3. The summed E-state index contributed by atoms with van der Waals surface area (Å²) < 4.78 is 17.6. The molecule has 1 atom stereocenters. The third-order valence-corrected chi connectivity index (χ3v) is 12.2. The van der Waals surface area contributed by atoms with Gasteiger partial charge in [0.05, 0.1) is 0 Å². The van der Waals surface area contributed by atoms with Crippen LogP contribution in [0.2, 0.25) is 0 Å². The van der Waals surface area contributed by atoms with Gasteiger partial charge in [0.15, 0.2) is 0 Å². The van der Waals surface area contributed by atoms with Crippen LogP contribution in [0.15, 0.2) is 73.8 Å². The Morgan fingerprint density at radius 3 is 1.67 bits per heavy atom. The zero-order valence-corrected chi connectivity index (χ0v) is 23.6. The highest BCUT2D eigenvalue weighted by atomic mass is 32.3. The van der Waals surface area contributed by atoms with Crippen LogP contribution in [0.4, 0.5) is 0 Å². The largest absolute Gasteiger partial charge is 0.423 e. The first-order valence-electron chi connectivity index (χ1n) is 12.1. The first-order valence-corrected chi connectivity index (χ1v) is 17.0. The normalized spacial score (nSPS) is 14.2. The Labute approximate surface area is 220 Å². The fraction of sp³-hybridized carbons (Fsp3) is 0.379. The Hall–Kier alpha value is -2.48. The number of carbonyl (C=O) groups excluding carboxylic acids is 2. The molecular weight excluding hydrogens is 492 g/mol. The lowest BCUT2D eigenvalue weighted by molar-refractivity contribution is -0.129. The molecule has 5 nitrogen and oxygen atoms in total. The summed E-state index contributed by atoms with van der Waals surface area (Å²) in [6.07, 6.45) is 12.7. The van der Waals surface area contributed by atoms with Crippen molar-refractivity contribution in [2.75, 3.05) is 36.0 Å². The van der Waals surface area contributed by atoms with Gasteiger partial charge in [-0.2, -0.15) is 0 Å². The predicted molar refractivity (Wildman–Crippen MR) is 156 cm³/mol. The average molecular weight is 533 g/mol. The summed E-state index contributed by atoms with van der Waals surface area (Å²) in [4.78, 5) is 23.3. The summed E-state index contributed by atoms with van der Waals surface area (Å²) in [5.74, 6) is 3.27. The number of hydrogen-bond acceptors (Lipinski definition) is 5. The topological polar surface area (TPSA) is 61.8 Å². The maximum absolute atomic E-state index is 11.6. The van der Waals surface area contributed by atoms with Gasteiger partial charge >= 0.3 is 11.9 Å². The first-order chi connectivity index (χ1) is 17.1. The molecule has 0 radical (unpaired) electrons. The SMILES string of the molecule is C=CC(=O)Oc1ccccc1CCCS(C)(C)OS(C)(CC)CCCc1ccccc1OC(=O)C=C. The summed E-state index contributed by atoms with van der Waals surface area (Å²) in [7, 11) is -2.49. The van der Waals surface area contributed by atoms with E-state index >= 15 is 0 Å². The lowest BCUT2D eigenvalue weighted by Gasteiger charge is -2.44. The highest BCUT2D eigenvalue weighted by Gasteiger charge is 2.25. The molecule has 0 heterocycles. The fourth-order valence-electron chi connectivity index (χ4n) is 3.80. The minimum Gasteiger partial charge on any atom is -0.423 e. The molecule has 0 saturated carbocycles. The molecule has 2 aromatic rings. The third kappa shape index (κ3) is 9.88. The van der Waals surface area contributed by atoms with Crippen molar-refractivity contribution < 1.29 is 22.7 Å². The highest BCUT2D eigenvalue weighted by Crippen LogP contribution is 2.60. The van der Waals surface area contributed by atoms with E-state index in [1.165, 1.54) is 12.2 Å². The molecule has 0 saturated heterocycles. The van der Waals surface area contributed by atoms with Crippen LogP contribution >= 0.6 is 20.6 Å². The molecule has 0 amide bonds. The van der Waals surface area contributed by atoms with E-state index in [0.29, 0.717) is 11.5 Å². The van der Waals surface area contributed by atoms with E-state index in [1.54, 1.807) is 0 Å². The number of rotatable bonds is 15. The van der Waals surface area contributed by atoms with Gasteiger partial charge in [-0.05, 0) is 79.2 Å². The van der Waals surface area contributed by atoms with Gasteiger partial charge in [0.25, 0.3) is 0 Å². The average Bonchev–Trinajstić information content (AvgIpc) is 2.85. The Bertz CT molecular complexity index is 1050. The van der Waals surface area contributed by atoms with Crippen molar-refractivity contribution >= 4 is 32.6 Å². The predicted octanol–water partition coefficient (Wildman–Crippen LogP) is 6.80. The maximum Gasteiger partial charge on any atom is 0.335 e. The van der Waals surface area contributed by atoms with Crippen LogP contribution in [-0.4, -0.2) is 48.0 Å². The van der Waals surface area contributed by atoms with Crippen LogP contribution < -0.4 is 9.47 Å². The molecule has 1 unspecified atom stereocenters. The minimum absolute atomic E-state index is 0.443. The van der Waals surface area contributed by atoms with Crippen molar-refractivity contribution in [1.29, 1.82) is 0 Å². The summed E-state index contributed by atoms with van der Waals surface area (Å²) >= 11 is 0. The monoisotopic (exact) mass is 532 g/mol. The number of ether oxygens (including phenoxy) is 2. The number of para-hydroxylation sites is 2. The number of benzene rings is 2. The summed E-state index contributed by atoms with van der Waals surface area (Å²) in [6.45, 7) is 9.15. The van der Waals surface area contributed by atoms with Crippen molar-refractivity contribution in [3.05, 3.63) is 85.0 Å². The van der Waals surface area contributed by atoms with Crippen LogP contribution in [0.5, 0.6) is 11.5 Å². The fourth-order valence-corrected chi connectivity index (χ4v) is 10.2. The summed E-state index contributed by atoms with van der Waals surface area (Å²) in [5, 5.41) is 0. The van der Waals surface area contributed by atoms with Crippen molar-refractivity contribution in [1.82, 2.24) is 0 Å². The van der Waals surface area contributed by atoms with E-state index in [4.69, 9.17) is 13.1 Å². The molecule has 0 aromatic heterocycles. The van der Waals surface area contributed by atoms with Crippen molar-refractivity contribution in [3.63, 3.8) is 0 Å². The van der Waals surface area contributed by atoms with Gasteiger partial charge in [-0.1, -0.05) is 56.5 Å². The lowest BCUT2D eigenvalue weighted by atomic mass is 10.1.